The lowest BCUT2D eigenvalue weighted by molar-refractivity contribution is 0.203. The highest BCUT2D eigenvalue weighted by Gasteiger charge is 2.18. The van der Waals surface area contributed by atoms with Crippen LogP contribution in [0.15, 0.2) is 47.2 Å². The molecule has 0 fully saturated rings. The van der Waals surface area contributed by atoms with Crippen LogP contribution in [0.1, 0.15) is 29.7 Å². The first-order chi connectivity index (χ1) is 10.2. The summed E-state index contributed by atoms with van der Waals surface area (Å²) in [7, 11) is 0. The maximum absolute atomic E-state index is 6.05. The SMILES string of the molecule is CCN(Cc1ccncc1)C(CN)c1ccc(C)c(Br)c1. The molecule has 1 unspecified atom stereocenters. The van der Waals surface area contributed by atoms with Crippen molar-refractivity contribution in [3.8, 4) is 0 Å². The second-order valence-corrected chi connectivity index (χ2v) is 6.03. The summed E-state index contributed by atoms with van der Waals surface area (Å²) in [5, 5.41) is 0. The van der Waals surface area contributed by atoms with Gasteiger partial charge in [0.15, 0.2) is 0 Å². The molecule has 3 nitrogen and oxygen atoms in total. The molecule has 4 heteroatoms. The van der Waals surface area contributed by atoms with Crippen LogP contribution >= 0.6 is 15.9 Å². The molecule has 2 N–H and O–H groups in total. The molecule has 21 heavy (non-hydrogen) atoms. The van der Waals surface area contributed by atoms with Gasteiger partial charge in [0.1, 0.15) is 0 Å². The van der Waals surface area contributed by atoms with Crippen LogP contribution in [-0.4, -0.2) is 23.0 Å². The molecule has 112 valence electrons. The minimum absolute atomic E-state index is 0.222. The Morgan fingerprint density at radius 3 is 2.52 bits per heavy atom. The summed E-state index contributed by atoms with van der Waals surface area (Å²) in [6.07, 6.45) is 3.67. The molecule has 0 spiro atoms. The highest BCUT2D eigenvalue weighted by molar-refractivity contribution is 9.10. The van der Waals surface area contributed by atoms with E-state index in [4.69, 9.17) is 5.73 Å². The molecule has 1 atom stereocenters. The average molecular weight is 348 g/mol. The van der Waals surface area contributed by atoms with E-state index in [-0.39, 0.29) is 6.04 Å². The van der Waals surface area contributed by atoms with Crippen molar-refractivity contribution in [2.24, 2.45) is 5.73 Å². The Kier molecular flexibility index (Phi) is 5.91. The fourth-order valence-electron chi connectivity index (χ4n) is 2.48. The number of aryl methyl sites for hydroxylation is 1. The standard InChI is InChI=1S/C17H22BrN3/c1-3-21(12-14-6-8-20-9-7-14)17(11-19)15-5-4-13(2)16(18)10-15/h4-10,17H,3,11-12,19H2,1-2H3. The van der Waals surface area contributed by atoms with Crippen LogP contribution in [0.2, 0.25) is 0 Å². The molecule has 0 amide bonds. The summed E-state index contributed by atoms with van der Waals surface area (Å²) in [6.45, 7) is 6.71. The second-order valence-electron chi connectivity index (χ2n) is 5.18. The Labute approximate surface area is 135 Å². The van der Waals surface area contributed by atoms with E-state index in [1.807, 2.05) is 12.4 Å². The number of hydrogen-bond donors (Lipinski definition) is 1. The average Bonchev–Trinajstić information content (AvgIpc) is 2.51. The number of nitrogens with two attached hydrogens (primary N) is 1. The summed E-state index contributed by atoms with van der Waals surface area (Å²) >= 11 is 3.61. The minimum atomic E-state index is 0.222. The molecule has 0 radical (unpaired) electrons. The van der Waals surface area contributed by atoms with Gasteiger partial charge in [-0.05, 0) is 48.4 Å². The van der Waals surface area contributed by atoms with Crippen molar-refractivity contribution in [2.75, 3.05) is 13.1 Å². The van der Waals surface area contributed by atoms with Crippen LogP contribution in [0.25, 0.3) is 0 Å². The molecule has 0 saturated carbocycles. The summed E-state index contributed by atoms with van der Waals surface area (Å²) in [5.41, 5.74) is 9.81. The molecule has 0 bridgehead atoms. The van der Waals surface area contributed by atoms with Gasteiger partial charge in [-0.15, -0.1) is 0 Å². The molecular weight excluding hydrogens is 326 g/mol. The lowest BCUT2D eigenvalue weighted by atomic mass is 10.0. The Morgan fingerprint density at radius 2 is 1.95 bits per heavy atom. The van der Waals surface area contributed by atoms with Gasteiger partial charge in [-0.3, -0.25) is 9.88 Å². The van der Waals surface area contributed by atoms with Crippen molar-refractivity contribution < 1.29 is 0 Å². The Bertz CT molecular complexity index is 572. The summed E-state index contributed by atoms with van der Waals surface area (Å²) in [6, 6.07) is 10.8. The normalized spacial score (nSPS) is 12.6. The first-order valence-corrected chi connectivity index (χ1v) is 8.04. The lowest BCUT2D eigenvalue weighted by Crippen LogP contribution is -2.33. The topological polar surface area (TPSA) is 42.2 Å². The minimum Gasteiger partial charge on any atom is -0.329 e. The van der Waals surface area contributed by atoms with Crippen LogP contribution < -0.4 is 5.73 Å². The van der Waals surface area contributed by atoms with E-state index in [9.17, 15) is 0 Å². The summed E-state index contributed by atoms with van der Waals surface area (Å²) in [5.74, 6) is 0. The fraction of sp³-hybridized carbons (Fsp3) is 0.353. The van der Waals surface area contributed by atoms with E-state index in [0.717, 1.165) is 17.6 Å². The zero-order chi connectivity index (χ0) is 15.2. The Balaban J connectivity index is 2.22. The van der Waals surface area contributed by atoms with Crippen molar-refractivity contribution in [1.82, 2.24) is 9.88 Å². The highest BCUT2D eigenvalue weighted by atomic mass is 79.9. The van der Waals surface area contributed by atoms with E-state index in [2.05, 4.69) is 70.0 Å². The number of aromatic nitrogens is 1. The van der Waals surface area contributed by atoms with Crippen molar-refractivity contribution in [3.05, 3.63) is 63.9 Å². The Morgan fingerprint density at radius 1 is 1.24 bits per heavy atom. The van der Waals surface area contributed by atoms with E-state index < -0.39 is 0 Å². The van der Waals surface area contributed by atoms with Gasteiger partial charge in [0, 0.05) is 36.0 Å². The number of pyridine rings is 1. The fourth-order valence-corrected chi connectivity index (χ4v) is 2.87. The molecule has 0 aliphatic carbocycles. The first kappa shape index (κ1) is 16.1. The first-order valence-electron chi connectivity index (χ1n) is 7.24. The Hall–Kier alpha value is -1.23. The number of likely N-dealkylation sites (N-methyl/N-ethyl adjacent to an activating group) is 1. The van der Waals surface area contributed by atoms with E-state index in [1.165, 1.54) is 16.7 Å². The lowest BCUT2D eigenvalue weighted by Gasteiger charge is -2.30. The third-order valence-electron chi connectivity index (χ3n) is 3.79. The zero-order valence-electron chi connectivity index (χ0n) is 12.6. The predicted octanol–water partition coefficient (Wildman–Crippen LogP) is 3.67. The van der Waals surface area contributed by atoms with Gasteiger partial charge in [0.2, 0.25) is 0 Å². The third kappa shape index (κ3) is 4.13. The van der Waals surface area contributed by atoms with Crippen LogP contribution in [0.3, 0.4) is 0 Å². The molecular formula is C17H22BrN3. The summed E-state index contributed by atoms with van der Waals surface area (Å²) < 4.78 is 1.14. The van der Waals surface area contributed by atoms with Gasteiger partial charge >= 0.3 is 0 Å². The van der Waals surface area contributed by atoms with E-state index in [1.54, 1.807) is 0 Å². The second kappa shape index (κ2) is 7.69. The highest BCUT2D eigenvalue weighted by Crippen LogP contribution is 2.26. The molecule has 0 aliphatic rings. The maximum Gasteiger partial charge on any atom is 0.0474 e. The monoisotopic (exact) mass is 347 g/mol. The van der Waals surface area contributed by atoms with Gasteiger partial charge in [-0.2, -0.15) is 0 Å². The number of halogens is 1. The van der Waals surface area contributed by atoms with Crippen LogP contribution in [0.4, 0.5) is 0 Å². The smallest absolute Gasteiger partial charge is 0.0474 e. The van der Waals surface area contributed by atoms with Crippen molar-refractivity contribution in [1.29, 1.82) is 0 Å². The number of rotatable bonds is 6. The number of benzene rings is 1. The van der Waals surface area contributed by atoms with Crippen molar-refractivity contribution >= 4 is 15.9 Å². The summed E-state index contributed by atoms with van der Waals surface area (Å²) in [4.78, 5) is 6.47. The molecule has 1 heterocycles. The van der Waals surface area contributed by atoms with E-state index in [0.29, 0.717) is 6.54 Å². The van der Waals surface area contributed by atoms with Crippen LogP contribution in [-0.2, 0) is 6.54 Å². The molecule has 2 rings (SSSR count). The van der Waals surface area contributed by atoms with Gasteiger partial charge in [0.25, 0.3) is 0 Å². The molecule has 0 saturated heterocycles. The van der Waals surface area contributed by atoms with Gasteiger partial charge in [-0.1, -0.05) is 35.0 Å². The van der Waals surface area contributed by atoms with Gasteiger partial charge < -0.3 is 5.73 Å². The molecule has 0 aliphatic heterocycles. The number of nitrogens with zero attached hydrogens (tertiary/aromatic N) is 2. The van der Waals surface area contributed by atoms with Crippen LogP contribution in [0.5, 0.6) is 0 Å². The quantitative estimate of drug-likeness (QED) is 0.866. The largest absolute Gasteiger partial charge is 0.329 e. The maximum atomic E-state index is 6.05. The van der Waals surface area contributed by atoms with Crippen molar-refractivity contribution in [2.45, 2.75) is 26.4 Å². The van der Waals surface area contributed by atoms with Crippen molar-refractivity contribution in [3.63, 3.8) is 0 Å². The number of hydrogen-bond acceptors (Lipinski definition) is 3. The van der Waals surface area contributed by atoms with Gasteiger partial charge in [-0.25, -0.2) is 0 Å². The molecule has 1 aromatic carbocycles. The zero-order valence-corrected chi connectivity index (χ0v) is 14.2. The van der Waals surface area contributed by atoms with E-state index >= 15 is 0 Å². The van der Waals surface area contributed by atoms with Crippen LogP contribution in [0, 0.1) is 6.92 Å². The van der Waals surface area contributed by atoms with Gasteiger partial charge in [0.05, 0.1) is 0 Å². The predicted molar refractivity (Wildman–Crippen MR) is 91.0 cm³/mol. The molecule has 1 aromatic heterocycles. The third-order valence-corrected chi connectivity index (χ3v) is 4.64. The molecule has 2 aromatic rings.